The fourth-order valence-corrected chi connectivity index (χ4v) is 1.95. The van der Waals surface area contributed by atoms with E-state index in [4.69, 9.17) is 5.73 Å². The first-order chi connectivity index (χ1) is 7.61. The third-order valence-corrected chi connectivity index (χ3v) is 2.71. The van der Waals surface area contributed by atoms with Crippen LogP contribution in [0.25, 0.3) is 10.9 Å². The predicted molar refractivity (Wildman–Crippen MR) is 64.8 cm³/mol. The van der Waals surface area contributed by atoms with E-state index < -0.39 is 0 Å². The molecule has 0 aliphatic heterocycles. The van der Waals surface area contributed by atoms with E-state index in [1.54, 1.807) is 0 Å². The van der Waals surface area contributed by atoms with Crippen LogP contribution in [0, 0.1) is 12.7 Å². The average Bonchev–Trinajstić information content (AvgIpc) is 2.21. The van der Waals surface area contributed by atoms with Crippen molar-refractivity contribution in [2.24, 2.45) is 0 Å². The summed E-state index contributed by atoms with van der Waals surface area (Å²) >= 11 is 0. The largest absolute Gasteiger partial charge is 0.383 e. The molecular weight excluding hydrogens is 203 g/mol. The molecule has 1 aromatic carbocycles. The second kappa shape index (κ2) is 4.08. The Hall–Kier alpha value is -1.64. The minimum Gasteiger partial charge on any atom is -0.383 e. The van der Waals surface area contributed by atoms with Crippen LogP contribution in [0.3, 0.4) is 0 Å². The molecule has 0 atom stereocenters. The highest BCUT2D eigenvalue weighted by Gasteiger charge is 2.06. The monoisotopic (exact) mass is 218 g/mol. The van der Waals surface area contributed by atoms with Gasteiger partial charge in [0.25, 0.3) is 0 Å². The fraction of sp³-hybridized carbons (Fsp3) is 0.308. The van der Waals surface area contributed by atoms with E-state index in [-0.39, 0.29) is 5.82 Å². The van der Waals surface area contributed by atoms with Crippen LogP contribution in [0.5, 0.6) is 0 Å². The molecule has 2 nitrogen and oxygen atoms in total. The highest BCUT2D eigenvalue weighted by atomic mass is 19.1. The van der Waals surface area contributed by atoms with Crippen molar-refractivity contribution in [3.8, 4) is 0 Å². The van der Waals surface area contributed by atoms with E-state index >= 15 is 0 Å². The Bertz CT molecular complexity index is 535. The SMILES string of the molecule is CCCc1cc2cc(F)cc(C)c2nc1N. The molecule has 0 aliphatic carbocycles. The number of pyridine rings is 1. The van der Waals surface area contributed by atoms with Crippen LogP contribution >= 0.6 is 0 Å². The molecule has 0 aliphatic rings. The van der Waals surface area contributed by atoms with Gasteiger partial charge in [0.15, 0.2) is 0 Å². The molecule has 0 unspecified atom stereocenters. The summed E-state index contributed by atoms with van der Waals surface area (Å²) in [7, 11) is 0. The lowest BCUT2D eigenvalue weighted by Gasteiger charge is -2.08. The zero-order valence-corrected chi connectivity index (χ0v) is 9.55. The van der Waals surface area contributed by atoms with Crippen LogP contribution in [0.4, 0.5) is 10.2 Å². The number of nitrogen functional groups attached to an aromatic ring is 1. The van der Waals surface area contributed by atoms with Crippen LogP contribution in [0.2, 0.25) is 0 Å². The quantitative estimate of drug-likeness (QED) is 0.840. The molecule has 0 radical (unpaired) electrons. The first-order valence-electron chi connectivity index (χ1n) is 5.47. The van der Waals surface area contributed by atoms with Gasteiger partial charge in [0, 0.05) is 5.39 Å². The summed E-state index contributed by atoms with van der Waals surface area (Å²) in [5.41, 5.74) is 8.49. The molecule has 0 bridgehead atoms. The van der Waals surface area contributed by atoms with Crippen LogP contribution in [0.1, 0.15) is 24.5 Å². The maximum absolute atomic E-state index is 13.3. The lowest BCUT2D eigenvalue weighted by atomic mass is 10.1. The van der Waals surface area contributed by atoms with Gasteiger partial charge in [-0.05, 0) is 42.7 Å². The number of halogens is 1. The second-order valence-electron chi connectivity index (χ2n) is 4.08. The number of aromatic nitrogens is 1. The molecule has 16 heavy (non-hydrogen) atoms. The molecule has 0 amide bonds. The van der Waals surface area contributed by atoms with E-state index in [0.717, 1.165) is 34.9 Å². The number of nitrogens with zero attached hydrogens (tertiary/aromatic N) is 1. The number of rotatable bonds is 2. The molecule has 2 rings (SSSR count). The van der Waals surface area contributed by atoms with Crippen LogP contribution in [-0.4, -0.2) is 4.98 Å². The predicted octanol–water partition coefficient (Wildman–Crippen LogP) is 3.22. The average molecular weight is 218 g/mol. The molecule has 2 N–H and O–H groups in total. The third kappa shape index (κ3) is 1.85. The zero-order chi connectivity index (χ0) is 11.7. The highest BCUT2D eigenvalue weighted by molar-refractivity contribution is 5.84. The van der Waals surface area contributed by atoms with Crippen molar-refractivity contribution in [3.63, 3.8) is 0 Å². The molecule has 1 heterocycles. The lowest BCUT2D eigenvalue weighted by Crippen LogP contribution is -1.99. The Morgan fingerprint density at radius 2 is 2.06 bits per heavy atom. The van der Waals surface area contributed by atoms with Gasteiger partial charge < -0.3 is 5.73 Å². The molecule has 1 aromatic heterocycles. The van der Waals surface area contributed by atoms with Gasteiger partial charge in [-0.1, -0.05) is 13.3 Å². The van der Waals surface area contributed by atoms with Crippen molar-refractivity contribution in [3.05, 3.63) is 35.1 Å². The summed E-state index contributed by atoms with van der Waals surface area (Å²) in [5.74, 6) is 0.336. The van der Waals surface area contributed by atoms with Gasteiger partial charge >= 0.3 is 0 Å². The van der Waals surface area contributed by atoms with Gasteiger partial charge in [-0.15, -0.1) is 0 Å². The standard InChI is InChI=1S/C13H15FN2/c1-3-4-9-6-10-7-11(14)5-8(2)12(10)16-13(9)15/h5-7H,3-4H2,1-2H3,(H2,15,16). The number of anilines is 1. The van der Waals surface area contributed by atoms with Crippen LogP contribution < -0.4 is 5.73 Å². The normalized spacial score (nSPS) is 10.9. The number of nitrogens with two attached hydrogens (primary N) is 1. The summed E-state index contributed by atoms with van der Waals surface area (Å²) in [6.45, 7) is 3.93. The fourth-order valence-electron chi connectivity index (χ4n) is 1.95. The van der Waals surface area contributed by atoms with E-state index in [1.165, 1.54) is 12.1 Å². The summed E-state index contributed by atoms with van der Waals surface area (Å²) in [6, 6.07) is 4.93. The van der Waals surface area contributed by atoms with Gasteiger partial charge in [0.1, 0.15) is 11.6 Å². The minimum absolute atomic E-state index is 0.223. The summed E-state index contributed by atoms with van der Waals surface area (Å²) in [4.78, 5) is 4.35. The summed E-state index contributed by atoms with van der Waals surface area (Å²) < 4.78 is 13.3. The highest BCUT2D eigenvalue weighted by Crippen LogP contribution is 2.23. The maximum atomic E-state index is 13.3. The number of hydrogen-bond donors (Lipinski definition) is 1. The van der Waals surface area contributed by atoms with Gasteiger partial charge in [-0.2, -0.15) is 0 Å². The van der Waals surface area contributed by atoms with Gasteiger partial charge in [-0.25, -0.2) is 9.37 Å². The number of hydrogen-bond acceptors (Lipinski definition) is 2. The molecular formula is C13H15FN2. The first-order valence-corrected chi connectivity index (χ1v) is 5.47. The maximum Gasteiger partial charge on any atom is 0.127 e. The Morgan fingerprint density at radius 1 is 1.31 bits per heavy atom. The Kier molecular flexibility index (Phi) is 2.77. The number of aryl methyl sites for hydroxylation is 2. The molecule has 0 saturated carbocycles. The molecule has 3 heteroatoms. The van der Waals surface area contributed by atoms with Crippen LogP contribution in [-0.2, 0) is 6.42 Å². The van der Waals surface area contributed by atoms with E-state index in [0.29, 0.717) is 5.82 Å². The number of benzene rings is 1. The topological polar surface area (TPSA) is 38.9 Å². The molecule has 84 valence electrons. The van der Waals surface area contributed by atoms with Crippen molar-refractivity contribution in [1.29, 1.82) is 0 Å². The minimum atomic E-state index is -0.223. The Balaban J connectivity index is 2.69. The molecule has 0 fully saturated rings. The van der Waals surface area contributed by atoms with E-state index in [9.17, 15) is 4.39 Å². The summed E-state index contributed by atoms with van der Waals surface area (Å²) in [6.07, 6.45) is 1.88. The van der Waals surface area contributed by atoms with E-state index in [2.05, 4.69) is 11.9 Å². The zero-order valence-electron chi connectivity index (χ0n) is 9.55. The van der Waals surface area contributed by atoms with Crippen molar-refractivity contribution < 1.29 is 4.39 Å². The van der Waals surface area contributed by atoms with Gasteiger partial charge in [0.05, 0.1) is 5.52 Å². The molecule has 0 saturated heterocycles. The van der Waals surface area contributed by atoms with Crippen molar-refractivity contribution >= 4 is 16.7 Å². The lowest BCUT2D eigenvalue weighted by molar-refractivity contribution is 0.628. The Morgan fingerprint density at radius 3 is 2.75 bits per heavy atom. The van der Waals surface area contributed by atoms with Crippen molar-refractivity contribution in [2.75, 3.05) is 5.73 Å². The van der Waals surface area contributed by atoms with E-state index in [1.807, 2.05) is 13.0 Å². The first kappa shape index (κ1) is 10.9. The van der Waals surface area contributed by atoms with Gasteiger partial charge in [-0.3, -0.25) is 0 Å². The second-order valence-corrected chi connectivity index (χ2v) is 4.08. The molecule has 2 aromatic rings. The third-order valence-electron chi connectivity index (χ3n) is 2.71. The van der Waals surface area contributed by atoms with Gasteiger partial charge in [0.2, 0.25) is 0 Å². The summed E-state index contributed by atoms with van der Waals surface area (Å²) in [5, 5.41) is 0.829. The number of fused-ring (bicyclic) bond motifs is 1. The van der Waals surface area contributed by atoms with Crippen molar-refractivity contribution in [1.82, 2.24) is 4.98 Å². The molecule has 0 spiro atoms. The van der Waals surface area contributed by atoms with Crippen LogP contribution in [0.15, 0.2) is 18.2 Å². The smallest absolute Gasteiger partial charge is 0.127 e. The Labute approximate surface area is 94.3 Å². The van der Waals surface area contributed by atoms with Crippen molar-refractivity contribution in [2.45, 2.75) is 26.7 Å².